The van der Waals surface area contributed by atoms with E-state index >= 15 is 0 Å². The predicted octanol–water partition coefficient (Wildman–Crippen LogP) is 3.26. The van der Waals surface area contributed by atoms with Gasteiger partial charge < -0.3 is 20.1 Å². The van der Waals surface area contributed by atoms with E-state index in [1.165, 1.54) is 20.0 Å². The number of hydrogen-bond acceptors (Lipinski definition) is 6. The summed E-state index contributed by atoms with van der Waals surface area (Å²) < 4.78 is 10.1. The Hall–Kier alpha value is -2.83. The maximum Gasteiger partial charge on any atom is 0.350 e. The zero-order valence-electron chi connectivity index (χ0n) is 15.8. The highest BCUT2D eigenvalue weighted by Crippen LogP contribution is 2.28. The van der Waals surface area contributed by atoms with Crippen molar-refractivity contribution in [2.24, 2.45) is 5.92 Å². The average molecular weight is 372 g/mol. The standard InChI is InChI=1S/C20H24N2O5/c1-12-10-14(8-9-16(12)22-17(23)13-6-4-5-7-13)21-11-15-18(24)26-20(2,3)27-19(15)25/h8-11,13,21H,4-7H2,1-3H3,(H,22,23). The molecule has 0 atom stereocenters. The number of aryl methyl sites for hydroxylation is 1. The first-order valence-electron chi connectivity index (χ1n) is 9.10. The first kappa shape index (κ1) is 18.9. The molecule has 1 saturated carbocycles. The molecule has 1 aliphatic carbocycles. The van der Waals surface area contributed by atoms with Crippen LogP contribution in [0.1, 0.15) is 45.1 Å². The molecule has 1 saturated heterocycles. The van der Waals surface area contributed by atoms with Crippen LogP contribution in [0.2, 0.25) is 0 Å². The van der Waals surface area contributed by atoms with Crippen molar-refractivity contribution in [1.29, 1.82) is 0 Å². The van der Waals surface area contributed by atoms with Crippen molar-refractivity contribution in [3.8, 4) is 0 Å². The molecule has 2 N–H and O–H groups in total. The highest BCUT2D eigenvalue weighted by Gasteiger charge is 2.38. The molecule has 27 heavy (non-hydrogen) atoms. The van der Waals surface area contributed by atoms with Crippen molar-refractivity contribution in [1.82, 2.24) is 0 Å². The van der Waals surface area contributed by atoms with Gasteiger partial charge in [-0.05, 0) is 43.5 Å². The van der Waals surface area contributed by atoms with Crippen molar-refractivity contribution in [2.45, 2.75) is 52.2 Å². The number of ether oxygens (including phenoxy) is 2. The van der Waals surface area contributed by atoms with Gasteiger partial charge in [-0.2, -0.15) is 0 Å². The number of esters is 2. The summed E-state index contributed by atoms with van der Waals surface area (Å²) >= 11 is 0. The maximum absolute atomic E-state index is 12.3. The molecule has 0 spiro atoms. The van der Waals surface area contributed by atoms with E-state index in [2.05, 4.69) is 10.6 Å². The average Bonchev–Trinajstić information content (AvgIpc) is 3.10. The number of rotatable bonds is 4. The van der Waals surface area contributed by atoms with Crippen molar-refractivity contribution in [2.75, 3.05) is 10.6 Å². The topological polar surface area (TPSA) is 93.7 Å². The lowest BCUT2D eigenvalue weighted by Gasteiger charge is -2.29. The molecule has 144 valence electrons. The van der Waals surface area contributed by atoms with Crippen molar-refractivity contribution in [3.05, 3.63) is 35.5 Å². The lowest BCUT2D eigenvalue weighted by atomic mass is 10.1. The van der Waals surface area contributed by atoms with Crippen LogP contribution in [0.15, 0.2) is 30.0 Å². The summed E-state index contributed by atoms with van der Waals surface area (Å²) in [5.74, 6) is -2.57. The fourth-order valence-electron chi connectivity index (χ4n) is 3.25. The third-order valence-corrected chi connectivity index (χ3v) is 4.71. The smallest absolute Gasteiger partial charge is 0.350 e. The number of carbonyl (C=O) groups is 3. The van der Waals surface area contributed by atoms with Crippen LogP contribution >= 0.6 is 0 Å². The Bertz CT molecular complexity index is 785. The van der Waals surface area contributed by atoms with Crippen LogP contribution in [0.5, 0.6) is 0 Å². The van der Waals surface area contributed by atoms with Crippen LogP contribution in [0.3, 0.4) is 0 Å². The molecule has 1 aliphatic heterocycles. The van der Waals surface area contributed by atoms with Crippen LogP contribution in [-0.2, 0) is 23.9 Å². The van der Waals surface area contributed by atoms with E-state index in [0.29, 0.717) is 5.69 Å². The summed E-state index contributed by atoms with van der Waals surface area (Å²) in [5, 5.41) is 5.88. The maximum atomic E-state index is 12.3. The number of carbonyl (C=O) groups excluding carboxylic acids is 3. The molecule has 0 radical (unpaired) electrons. The van der Waals surface area contributed by atoms with Gasteiger partial charge in [-0.3, -0.25) is 4.79 Å². The van der Waals surface area contributed by atoms with Crippen LogP contribution in [0, 0.1) is 12.8 Å². The highest BCUT2D eigenvalue weighted by molar-refractivity contribution is 6.15. The molecule has 1 amide bonds. The summed E-state index contributed by atoms with van der Waals surface area (Å²) in [6.45, 7) is 4.87. The summed E-state index contributed by atoms with van der Waals surface area (Å²) in [6.07, 6.45) is 5.38. The minimum Gasteiger partial charge on any atom is -0.419 e. The van der Waals surface area contributed by atoms with E-state index in [1.807, 2.05) is 13.0 Å². The van der Waals surface area contributed by atoms with E-state index < -0.39 is 17.7 Å². The summed E-state index contributed by atoms with van der Waals surface area (Å²) in [6, 6.07) is 5.38. The Kier molecular flexibility index (Phi) is 5.21. The zero-order valence-corrected chi connectivity index (χ0v) is 15.8. The van der Waals surface area contributed by atoms with Crippen molar-refractivity contribution in [3.63, 3.8) is 0 Å². The number of hydrogen-bond donors (Lipinski definition) is 2. The molecular weight excluding hydrogens is 348 g/mol. The molecular formula is C20H24N2O5. The van der Waals surface area contributed by atoms with Gasteiger partial charge in [-0.15, -0.1) is 0 Å². The predicted molar refractivity (Wildman–Crippen MR) is 99.7 cm³/mol. The molecule has 2 fully saturated rings. The van der Waals surface area contributed by atoms with Gasteiger partial charge in [-0.1, -0.05) is 12.8 Å². The summed E-state index contributed by atoms with van der Waals surface area (Å²) in [5.41, 5.74) is 2.10. The molecule has 0 aromatic heterocycles. The molecule has 2 aliphatic rings. The first-order chi connectivity index (χ1) is 12.7. The Balaban J connectivity index is 1.66. The quantitative estimate of drug-likeness (QED) is 0.479. The number of benzene rings is 1. The molecule has 1 heterocycles. The lowest BCUT2D eigenvalue weighted by molar-refractivity contribution is -0.222. The summed E-state index contributed by atoms with van der Waals surface area (Å²) in [7, 11) is 0. The Morgan fingerprint density at radius 3 is 2.37 bits per heavy atom. The molecule has 0 bridgehead atoms. The fourth-order valence-corrected chi connectivity index (χ4v) is 3.25. The third-order valence-electron chi connectivity index (χ3n) is 4.71. The number of nitrogens with one attached hydrogen (secondary N) is 2. The summed E-state index contributed by atoms with van der Waals surface area (Å²) in [4.78, 5) is 36.1. The van der Waals surface area contributed by atoms with Crippen LogP contribution in [-0.4, -0.2) is 23.6 Å². The molecule has 1 aromatic carbocycles. The monoisotopic (exact) mass is 372 g/mol. The highest BCUT2D eigenvalue weighted by atomic mass is 16.7. The van der Waals surface area contributed by atoms with E-state index in [9.17, 15) is 14.4 Å². The Morgan fingerprint density at radius 1 is 1.15 bits per heavy atom. The molecule has 7 heteroatoms. The van der Waals surface area contributed by atoms with Gasteiger partial charge in [0.15, 0.2) is 5.57 Å². The number of amides is 1. The molecule has 0 unspecified atom stereocenters. The van der Waals surface area contributed by atoms with Crippen LogP contribution in [0.4, 0.5) is 11.4 Å². The second kappa shape index (κ2) is 7.42. The van der Waals surface area contributed by atoms with Crippen LogP contribution < -0.4 is 10.6 Å². The third kappa shape index (κ3) is 4.48. The Morgan fingerprint density at radius 2 is 1.78 bits per heavy atom. The zero-order chi connectivity index (χ0) is 19.6. The van der Waals surface area contributed by atoms with Gasteiger partial charge in [0.05, 0.1) is 0 Å². The van der Waals surface area contributed by atoms with E-state index in [0.717, 1.165) is 36.9 Å². The van der Waals surface area contributed by atoms with Gasteiger partial charge >= 0.3 is 11.9 Å². The molecule has 1 aromatic rings. The fraction of sp³-hybridized carbons (Fsp3) is 0.450. The van der Waals surface area contributed by atoms with Gasteiger partial charge in [0.25, 0.3) is 5.79 Å². The normalized spacial score (nSPS) is 19.3. The van der Waals surface area contributed by atoms with Crippen LogP contribution in [0.25, 0.3) is 0 Å². The second-order valence-electron chi connectivity index (χ2n) is 7.38. The first-order valence-corrected chi connectivity index (χ1v) is 9.10. The van der Waals surface area contributed by atoms with Gasteiger partial charge in [-0.25, -0.2) is 9.59 Å². The van der Waals surface area contributed by atoms with Gasteiger partial charge in [0, 0.05) is 37.3 Å². The minimum atomic E-state index is -1.26. The van der Waals surface area contributed by atoms with Gasteiger partial charge in [0.2, 0.25) is 5.91 Å². The minimum absolute atomic E-state index is 0.0636. The van der Waals surface area contributed by atoms with Gasteiger partial charge in [0.1, 0.15) is 0 Å². The van der Waals surface area contributed by atoms with Crippen molar-refractivity contribution < 1.29 is 23.9 Å². The SMILES string of the molecule is Cc1cc(NC=C2C(=O)OC(C)(C)OC2=O)ccc1NC(=O)C1CCCC1. The lowest BCUT2D eigenvalue weighted by Crippen LogP contribution is -2.42. The van der Waals surface area contributed by atoms with E-state index in [-0.39, 0.29) is 17.4 Å². The number of anilines is 2. The van der Waals surface area contributed by atoms with E-state index in [1.54, 1.807) is 12.1 Å². The second-order valence-corrected chi connectivity index (χ2v) is 7.38. The number of cyclic esters (lactones) is 2. The largest absolute Gasteiger partial charge is 0.419 e. The molecule has 3 rings (SSSR count). The van der Waals surface area contributed by atoms with Crippen molar-refractivity contribution >= 4 is 29.2 Å². The Labute approximate surface area is 158 Å². The molecule has 7 nitrogen and oxygen atoms in total. The van der Waals surface area contributed by atoms with E-state index in [4.69, 9.17) is 9.47 Å².